The van der Waals surface area contributed by atoms with E-state index in [1.54, 1.807) is 0 Å². The highest BCUT2D eigenvalue weighted by Gasteiger charge is 2.32. The second kappa shape index (κ2) is 63.4. The molecule has 0 aliphatic heterocycles. The van der Waals surface area contributed by atoms with Crippen LogP contribution in [0.15, 0.2) is 0 Å². The third-order valence-electron chi connectivity index (χ3n) is 17.9. The van der Waals surface area contributed by atoms with Gasteiger partial charge in [-0.25, -0.2) is 0 Å². The maximum atomic E-state index is 10.7. The largest absolute Gasteiger partial charge is 0.759 e. The molecule has 0 rings (SSSR count). The van der Waals surface area contributed by atoms with Crippen molar-refractivity contribution < 1.29 is 140 Å². The normalized spacial score (nSPS) is 15.3. The van der Waals surface area contributed by atoms with Crippen molar-refractivity contribution in [1.29, 1.82) is 0 Å². The van der Waals surface area contributed by atoms with Crippen molar-refractivity contribution in [2.45, 2.75) is 180 Å². The first-order valence-corrected chi connectivity index (χ1v) is 39.6. The molecule has 0 saturated carbocycles. The van der Waals surface area contributed by atoms with Crippen molar-refractivity contribution in [3.8, 4) is 0 Å². The molecule has 0 radical (unpaired) electrons. The highest BCUT2D eigenvalue weighted by atomic mass is 32.3. The number of unbranched alkanes of at least 4 members (excludes halogenated alkanes) is 18. The van der Waals surface area contributed by atoms with Gasteiger partial charge in [-0.2, -0.15) is 0 Å². The number of aliphatic hydroxyl groups excluding tert-OH is 10. The molecule has 97 heavy (non-hydrogen) atoms. The Hall–Kier alpha value is -1.11. The molecule has 30 nitrogen and oxygen atoms in total. The van der Waals surface area contributed by atoms with Crippen LogP contribution in [0.5, 0.6) is 0 Å². The first-order valence-electron chi connectivity index (χ1n) is 35.6. The lowest BCUT2D eigenvalue weighted by molar-refractivity contribution is -0.936. The van der Waals surface area contributed by atoms with Gasteiger partial charge < -0.3 is 115 Å². The van der Waals surface area contributed by atoms with Gasteiger partial charge in [0.25, 0.3) is 0 Å². The molecule has 0 fully saturated rings. The van der Waals surface area contributed by atoms with Gasteiger partial charge in [0, 0.05) is 70.1 Å². The molecule has 0 aliphatic rings. The van der Waals surface area contributed by atoms with Crippen molar-refractivity contribution in [1.82, 2.24) is 0 Å². The van der Waals surface area contributed by atoms with Crippen LogP contribution >= 0.6 is 0 Å². The Kier molecular flexibility index (Phi) is 68.3. The van der Waals surface area contributed by atoms with E-state index in [9.17, 15) is 51.1 Å². The molecule has 0 spiro atoms. The second-order valence-electron chi connectivity index (χ2n) is 27.9. The summed E-state index contributed by atoms with van der Waals surface area (Å²) in [5.41, 5.74) is 0. The Morgan fingerprint density at radius 3 is 0.608 bits per heavy atom. The van der Waals surface area contributed by atoms with E-state index in [4.69, 9.17) is 62.0 Å². The topological polar surface area (TPSA) is 462 Å². The van der Waals surface area contributed by atoms with E-state index in [0.29, 0.717) is 110 Å². The van der Waals surface area contributed by atoms with Crippen LogP contribution in [0.4, 0.5) is 0 Å². The van der Waals surface area contributed by atoms with E-state index in [-0.39, 0.29) is 52.9 Å². The molecule has 6 unspecified atom stereocenters. The van der Waals surface area contributed by atoms with Crippen molar-refractivity contribution in [2.75, 3.05) is 239 Å². The minimum Gasteiger partial charge on any atom is -0.759 e. The molecule has 592 valence electrons. The minimum atomic E-state index is -5.17. The quantitative estimate of drug-likeness (QED) is 0.0174. The zero-order valence-electron chi connectivity index (χ0n) is 61.4. The summed E-state index contributed by atoms with van der Waals surface area (Å²) in [5.74, 6) is 0. The van der Waals surface area contributed by atoms with Crippen LogP contribution in [0.3, 0.4) is 0 Å². The van der Waals surface area contributed by atoms with Crippen LogP contribution in [-0.4, -0.2) is 382 Å². The number of quaternary nitrogens is 6. The Labute approximate surface area is 588 Å². The highest BCUT2D eigenvalue weighted by Crippen LogP contribution is 2.17. The van der Waals surface area contributed by atoms with E-state index < -0.39 is 43.4 Å². The molecular formula is C64H144N6O24S3. The molecule has 0 heterocycles. The number of hydrogen-bond donors (Lipinski definition) is 10. The third-order valence-corrected chi connectivity index (χ3v) is 17.9. The summed E-state index contributed by atoms with van der Waals surface area (Å²) < 4.78 is 118. The fraction of sp³-hybridized carbons (Fsp3) is 1.00. The zero-order valence-corrected chi connectivity index (χ0v) is 63.9. The van der Waals surface area contributed by atoms with E-state index in [2.05, 4.69) is 56.1 Å². The number of hydrogen-bond acceptors (Lipinski definition) is 24. The van der Waals surface area contributed by atoms with Crippen LogP contribution < -0.4 is 0 Å². The lowest BCUT2D eigenvalue weighted by Gasteiger charge is -2.39. The molecule has 0 aromatic rings. The number of nitrogens with zero attached hydrogens (tertiary/aromatic N) is 6. The Morgan fingerprint density at radius 2 is 0.423 bits per heavy atom. The van der Waals surface area contributed by atoms with Gasteiger partial charge in [0.1, 0.15) is 77.7 Å². The van der Waals surface area contributed by atoms with Crippen LogP contribution in [0.25, 0.3) is 0 Å². The SMILES string of the molecule is CCCCCCCCCCCCOCC(O)C[N+](C)(CCO)CCC[N+](C)(CCO)CCC[N+](C)(CCO)CCO.CCCCCCCCCCCCOCC(O)C[N+](C)(CCO)CCC[N+](C)(CCO)CCC[N+](C)(CCO)CCO.O=S(=O)([O-])[O-].O=S(=O)([O-])[O-].O=S(=O)([O-])[O-]. The molecule has 6 atom stereocenters. The van der Waals surface area contributed by atoms with Gasteiger partial charge in [0.15, 0.2) is 0 Å². The smallest absolute Gasteiger partial charge is 0.126 e. The molecule has 0 aliphatic carbocycles. The van der Waals surface area contributed by atoms with Gasteiger partial charge in [-0.3, -0.25) is 25.3 Å². The van der Waals surface area contributed by atoms with Crippen LogP contribution in [0.1, 0.15) is 168 Å². The molecule has 0 amide bonds. The van der Waals surface area contributed by atoms with Gasteiger partial charge in [0.05, 0.1) is 161 Å². The van der Waals surface area contributed by atoms with E-state index in [0.717, 1.165) is 99.8 Å². The Balaban J connectivity index is -0.000000478. The number of rotatable bonds is 62. The fourth-order valence-corrected chi connectivity index (χ4v) is 12.1. The van der Waals surface area contributed by atoms with Crippen LogP contribution in [0, 0.1) is 0 Å². The van der Waals surface area contributed by atoms with Crippen LogP contribution in [-0.2, 0) is 40.7 Å². The lowest BCUT2D eigenvalue weighted by atomic mass is 10.1. The standard InChI is InChI=1S/2C32H72N3O6.3H2O4S/c2*1-5-6-7-8-9-10-11-12-13-14-29-41-31-32(40)30-35(4,24-28-39)20-16-18-33(2,21-25-36)17-15-19-34(3,22-26-37)23-27-38;3*1-5(2,3)4/h2*32,36-40H,5-31H2,1-4H3;3*(H2,1,2,3,4)/q2*+3;;;/p-6. The van der Waals surface area contributed by atoms with Crippen molar-refractivity contribution in [3.63, 3.8) is 0 Å². The second-order valence-corrected chi connectivity index (χ2v) is 30.4. The third kappa shape index (κ3) is 80.4. The molecule has 0 saturated heterocycles. The van der Waals surface area contributed by atoms with Gasteiger partial charge >= 0.3 is 0 Å². The fourth-order valence-electron chi connectivity index (χ4n) is 12.1. The summed E-state index contributed by atoms with van der Waals surface area (Å²) in [4.78, 5) is 0. The summed E-state index contributed by atoms with van der Waals surface area (Å²) >= 11 is 0. The highest BCUT2D eigenvalue weighted by molar-refractivity contribution is 7.80. The van der Waals surface area contributed by atoms with Gasteiger partial charge in [-0.05, 0) is 12.8 Å². The predicted molar refractivity (Wildman–Crippen MR) is 369 cm³/mol. The first kappa shape index (κ1) is 105. The molecular weight excluding hydrogens is 1330 g/mol. The lowest BCUT2D eigenvalue weighted by Crippen LogP contribution is -2.55. The summed E-state index contributed by atoms with van der Waals surface area (Å²) in [6.07, 6.45) is 28.5. The minimum absolute atomic E-state index is 0.0810. The summed E-state index contributed by atoms with van der Waals surface area (Å²) in [6, 6.07) is 0. The van der Waals surface area contributed by atoms with Crippen molar-refractivity contribution >= 4 is 31.2 Å². The monoisotopic (exact) mass is 1480 g/mol. The molecule has 10 N–H and O–H groups in total. The maximum Gasteiger partial charge on any atom is 0.126 e. The number of aliphatic hydroxyl groups is 10. The zero-order chi connectivity index (χ0) is 75.3. The molecule has 0 bridgehead atoms. The Bertz CT molecular complexity index is 1890. The predicted octanol–water partition coefficient (Wildman–Crippen LogP) is 0.734. The molecule has 0 aromatic heterocycles. The van der Waals surface area contributed by atoms with Crippen molar-refractivity contribution in [2.24, 2.45) is 0 Å². The molecule has 0 aromatic carbocycles. The van der Waals surface area contributed by atoms with Crippen LogP contribution in [0.2, 0.25) is 0 Å². The van der Waals surface area contributed by atoms with E-state index >= 15 is 0 Å². The summed E-state index contributed by atoms with van der Waals surface area (Å²) in [6.45, 7) is 20.8. The van der Waals surface area contributed by atoms with E-state index in [1.807, 2.05) is 0 Å². The van der Waals surface area contributed by atoms with E-state index in [1.165, 1.54) is 116 Å². The Morgan fingerprint density at radius 1 is 0.268 bits per heavy atom. The first-order chi connectivity index (χ1) is 45.2. The molecule has 33 heteroatoms. The number of likely N-dealkylation sites (N-methyl/N-ethyl adjacent to an activating group) is 6. The average molecular weight is 1480 g/mol. The van der Waals surface area contributed by atoms with Gasteiger partial charge in [0.2, 0.25) is 0 Å². The van der Waals surface area contributed by atoms with Gasteiger partial charge in [-0.15, -0.1) is 0 Å². The van der Waals surface area contributed by atoms with Gasteiger partial charge in [-0.1, -0.05) is 129 Å². The number of ether oxygens (including phenoxy) is 2. The maximum absolute atomic E-state index is 10.7. The summed E-state index contributed by atoms with van der Waals surface area (Å²) in [7, 11) is -2.77. The van der Waals surface area contributed by atoms with Crippen molar-refractivity contribution in [3.05, 3.63) is 0 Å². The average Bonchev–Trinajstić information content (AvgIpc) is 0.991. The summed E-state index contributed by atoms with van der Waals surface area (Å²) in [5, 5.41) is 98.0.